The van der Waals surface area contributed by atoms with Gasteiger partial charge in [0.1, 0.15) is 0 Å². The minimum absolute atomic E-state index is 0.0655. The van der Waals surface area contributed by atoms with Crippen LogP contribution in [0.4, 0.5) is 5.69 Å². The predicted octanol–water partition coefficient (Wildman–Crippen LogP) is 2.18. The van der Waals surface area contributed by atoms with Crippen LogP contribution < -0.4 is 5.32 Å². The number of thioether (sulfide) groups is 1. The standard InChI is InChI=1S/C15H14N6OS/c22-14(17-12-5-4-9-16-11-12)8-10-23-15-18-19-20-21(15)13-6-2-1-3-7-13/h1-7,9,11H,8,10H2,(H,17,22). The van der Waals surface area contributed by atoms with E-state index in [2.05, 4.69) is 25.8 Å². The van der Waals surface area contributed by atoms with Crippen LogP contribution in [0.1, 0.15) is 6.42 Å². The fourth-order valence-electron chi connectivity index (χ4n) is 1.90. The molecule has 1 amide bonds. The van der Waals surface area contributed by atoms with Gasteiger partial charge in [0.05, 0.1) is 17.6 Å². The Balaban J connectivity index is 1.54. The van der Waals surface area contributed by atoms with Crippen molar-refractivity contribution in [2.24, 2.45) is 0 Å². The average Bonchev–Trinajstić information content (AvgIpc) is 3.05. The molecule has 0 aliphatic heterocycles. The number of carbonyl (C=O) groups is 1. The van der Waals surface area contributed by atoms with Crippen LogP contribution in [0, 0.1) is 0 Å². The summed E-state index contributed by atoms with van der Waals surface area (Å²) in [5, 5.41) is 15.1. The summed E-state index contributed by atoms with van der Waals surface area (Å²) in [6.07, 6.45) is 3.64. The van der Waals surface area contributed by atoms with Crippen molar-refractivity contribution in [2.45, 2.75) is 11.6 Å². The van der Waals surface area contributed by atoms with Gasteiger partial charge in [-0.1, -0.05) is 30.0 Å². The maximum Gasteiger partial charge on any atom is 0.225 e. The van der Waals surface area contributed by atoms with Crippen molar-refractivity contribution >= 4 is 23.4 Å². The molecule has 0 saturated carbocycles. The van der Waals surface area contributed by atoms with Gasteiger partial charge < -0.3 is 5.32 Å². The average molecular weight is 326 g/mol. The summed E-state index contributed by atoms with van der Waals surface area (Å²) in [7, 11) is 0. The van der Waals surface area contributed by atoms with Gasteiger partial charge in [-0.15, -0.1) is 5.10 Å². The highest BCUT2D eigenvalue weighted by molar-refractivity contribution is 7.99. The molecular weight excluding hydrogens is 312 g/mol. The van der Waals surface area contributed by atoms with Crippen molar-refractivity contribution in [3.8, 4) is 5.69 Å². The van der Waals surface area contributed by atoms with Gasteiger partial charge in [-0.25, -0.2) is 0 Å². The molecule has 0 atom stereocenters. The van der Waals surface area contributed by atoms with Crippen molar-refractivity contribution in [3.63, 3.8) is 0 Å². The maximum absolute atomic E-state index is 11.9. The number of amides is 1. The number of nitrogens with zero attached hydrogens (tertiary/aromatic N) is 5. The molecule has 23 heavy (non-hydrogen) atoms. The molecule has 2 heterocycles. The lowest BCUT2D eigenvalue weighted by Crippen LogP contribution is -2.12. The molecule has 0 fully saturated rings. The molecule has 0 aliphatic carbocycles. The topological polar surface area (TPSA) is 85.6 Å². The predicted molar refractivity (Wildman–Crippen MR) is 87.4 cm³/mol. The minimum Gasteiger partial charge on any atom is -0.325 e. The van der Waals surface area contributed by atoms with Gasteiger partial charge in [-0.05, 0) is 34.7 Å². The van der Waals surface area contributed by atoms with Crippen molar-refractivity contribution in [1.29, 1.82) is 0 Å². The zero-order valence-electron chi connectivity index (χ0n) is 12.2. The van der Waals surface area contributed by atoms with Crippen LogP contribution in [-0.4, -0.2) is 36.9 Å². The monoisotopic (exact) mass is 326 g/mol. The molecular formula is C15H14N6OS. The zero-order chi connectivity index (χ0) is 15.9. The third-order valence-electron chi connectivity index (χ3n) is 2.95. The van der Waals surface area contributed by atoms with Crippen molar-refractivity contribution < 1.29 is 4.79 Å². The molecule has 0 saturated heterocycles. The normalized spacial score (nSPS) is 10.4. The molecule has 0 spiro atoms. The molecule has 1 aromatic carbocycles. The van der Waals surface area contributed by atoms with E-state index >= 15 is 0 Å². The molecule has 3 rings (SSSR count). The fourth-order valence-corrected chi connectivity index (χ4v) is 2.72. The highest BCUT2D eigenvalue weighted by Crippen LogP contribution is 2.18. The quantitative estimate of drug-likeness (QED) is 0.699. The molecule has 0 unspecified atom stereocenters. The van der Waals surface area contributed by atoms with Gasteiger partial charge in [0.15, 0.2) is 0 Å². The second-order valence-corrected chi connectivity index (χ2v) is 5.66. The first-order valence-electron chi connectivity index (χ1n) is 6.99. The van der Waals surface area contributed by atoms with Crippen LogP contribution >= 0.6 is 11.8 Å². The Bertz CT molecular complexity index is 762. The highest BCUT2D eigenvalue weighted by atomic mass is 32.2. The summed E-state index contributed by atoms with van der Waals surface area (Å²) in [6, 6.07) is 13.2. The van der Waals surface area contributed by atoms with E-state index in [9.17, 15) is 4.79 Å². The SMILES string of the molecule is O=C(CCSc1nnnn1-c1ccccc1)Nc1cccnc1. The van der Waals surface area contributed by atoms with E-state index in [1.807, 2.05) is 30.3 Å². The van der Waals surface area contributed by atoms with E-state index in [1.165, 1.54) is 11.8 Å². The number of tetrazole rings is 1. The van der Waals surface area contributed by atoms with Gasteiger partial charge in [-0.3, -0.25) is 9.78 Å². The number of hydrogen-bond donors (Lipinski definition) is 1. The molecule has 116 valence electrons. The number of anilines is 1. The van der Waals surface area contributed by atoms with Crippen LogP contribution in [0.25, 0.3) is 5.69 Å². The first-order chi connectivity index (χ1) is 11.3. The van der Waals surface area contributed by atoms with Gasteiger partial charge in [0.25, 0.3) is 0 Å². The summed E-state index contributed by atoms with van der Waals surface area (Å²) in [5.74, 6) is 0.517. The van der Waals surface area contributed by atoms with Crippen LogP contribution in [0.3, 0.4) is 0 Å². The highest BCUT2D eigenvalue weighted by Gasteiger charge is 2.10. The molecule has 7 nitrogen and oxygen atoms in total. The minimum atomic E-state index is -0.0655. The molecule has 0 bridgehead atoms. The molecule has 0 radical (unpaired) electrons. The number of benzene rings is 1. The van der Waals surface area contributed by atoms with Gasteiger partial charge in [0, 0.05) is 18.4 Å². The van der Waals surface area contributed by atoms with Crippen molar-refractivity contribution in [3.05, 3.63) is 54.9 Å². The Morgan fingerprint density at radius 3 is 2.83 bits per heavy atom. The number of rotatable bonds is 6. The molecule has 3 aromatic rings. The largest absolute Gasteiger partial charge is 0.325 e. The lowest BCUT2D eigenvalue weighted by Gasteiger charge is -2.05. The summed E-state index contributed by atoms with van der Waals surface area (Å²) < 4.78 is 1.66. The summed E-state index contributed by atoms with van der Waals surface area (Å²) in [4.78, 5) is 15.8. The van der Waals surface area contributed by atoms with Crippen LogP contribution in [0.15, 0.2) is 60.0 Å². The summed E-state index contributed by atoms with van der Waals surface area (Å²) in [6.45, 7) is 0. The smallest absolute Gasteiger partial charge is 0.225 e. The molecule has 8 heteroatoms. The Morgan fingerprint density at radius 2 is 2.04 bits per heavy atom. The van der Waals surface area contributed by atoms with Gasteiger partial charge in [-0.2, -0.15) is 4.68 Å². The van der Waals surface area contributed by atoms with Crippen LogP contribution in [0.5, 0.6) is 0 Å². The van der Waals surface area contributed by atoms with E-state index in [4.69, 9.17) is 0 Å². The fraction of sp³-hybridized carbons (Fsp3) is 0.133. The van der Waals surface area contributed by atoms with E-state index < -0.39 is 0 Å². The Kier molecular flexibility index (Phi) is 4.95. The van der Waals surface area contributed by atoms with Crippen LogP contribution in [-0.2, 0) is 4.79 Å². The van der Waals surface area contributed by atoms with Crippen molar-refractivity contribution in [2.75, 3.05) is 11.1 Å². The number of hydrogen-bond acceptors (Lipinski definition) is 6. The zero-order valence-corrected chi connectivity index (χ0v) is 13.0. The van der Waals surface area contributed by atoms with Gasteiger partial charge >= 0.3 is 0 Å². The first kappa shape index (κ1) is 15.2. The number of pyridine rings is 1. The Labute approximate surface area is 137 Å². The summed E-state index contributed by atoms with van der Waals surface area (Å²) in [5.41, 5.74) is 1.58. The van der Waals surface area contributed by atoms with E-state index in [-0.39, 0.29) is 5.91 Å². The number of carbonyl (C=O) groups excluding carboxylic acids is 1. The molecule has 0 aliphatic rings. The van der Waals surface area contributed by atoms with E-state index in [0.29, 0.717) is 23.0 Å². The summed E-state index contributed by atoms with van der Waals surface area (Å²) >= 11 is 1.44. The second kappa shape index (κ2) is 7.50. The lowest BCUT2D eigenvalue weighted by atomic mass is 10.3. The van der Waals surface area contributed by atoms with E-state index in [1.54, 1.807) is 29.2 Å². The third-order valence-corrected chi connectivity index (χ3v) is 3.87. The number of nitrogens with one attached hydrogen (secondary N) is 1. The Morgan fingerprint density at radius 1 is 1.17 bits per heavy atom. The van der Waals surface area contributed by atoms with Gasteiger partial charge in [0.2, 0.25) is 11.1 Å². The molecule has 1 N–H and O–H groups in total. The number of para-hydroxylation sites is 1. The Hall–Kier alpha value is -2.74. The second-order valence-electron chi connectivity index (χ2n) is 4.60. The molecule has 2 aromatic heterocycles. The van der Waals surface area contributed by atoms with E-state index in [0.717, 1.165) is 5.69 Å². The number of aromatic nitrogens is 5. The van der Waals surface area contributed by atoms with Crippen LogP contribution in [0.2, 0.25) is 0 Å². The van der Waals surface area contributed by atoms with Crippen molar-refractivity contribution in [1.82, 2.24) is 25.2 Å². The lowest BCUT2D eigenvalue weighted by molar-refractivity contribution is -0.115. The maximum atomic E-state index is 11.9. The first-order valence-corrected chi connectivity index (χ1v) is 7.98. The third kappa shape index (κ3) is 4.13.